The Morgan fingerprint density at radius 2 is 1.13 bits per heavy atom. The third-order valence-electron chi connectivity index (χ3n) is 3.01. The van der Waals surface area contributed by atoms with Gasteiger partial charge in [0.05, 0.1) is 25.3 Å². The van der Waals surface area contributed by atoms with Crippen LogP contribution in [0.3, 0.4) is 0 Å². The summed E-state index contributed by atoms with van der Waals surface area (Å²) >= 11 is 0. The molecule has 0 heterocycles. The molecule has 23 heavy (non-hydrogen) atoms. The maximum absolute atomic E-state index is 11.6. The summed E-state index contributed by atoms with van der Waals surface area (Å²) in [6.45, 7) is 0. The van der Waals surface area contributed by atoms with Gasteiger partial charge in [-0.2, -0.15) is 0 Å². The largest absolute Gasteiger partial charge is 0.576 e. The number of para-hydroxylation sites is 2. The van der Waals surface area contributed by atoms with E-state index in [0.29, 0.717) is 22.6 Å². The molecule has 0 aliphatic rings. The molecule has 0 amide bonds. The van der Waals surface area contributed by atoms with Gasteiger partial charge in [-0.15, -0.1) is 0 Å². The van der Waals surface area contributed by atoms with E-state index in [1.165, 1.54) is 14.2 Å². The minimum Gasteiger partial charge on any atom is -0.528 e. The quantitative estimate of drug-likeness (QED) is 0.600. The van der Waals surface area contributed by atoms with Gasteiger partial charge in [0.1, 0.15) is 11.5 Å². The molecule has 0 bridgehead atoms. The van der Waals surface area contributed by atoms with Crippen LogP contribution in [0.25, 0.3) is 0 Å². The molecular formula is C16H15BO6. The average molecular weight is 314 g/mol. The molecule has 0 saturated heterocycles. The van der Waals surface area contributed by atoms with Gasteiger partial charge >= 0.3 is 19.6 Å². The zero-order chi connectivity index (χ0) is 16.7. The lowest BCUT2D eigenvalue weighted by molar-refractivity contribution is 0.0590. The number of hydrogen-bond donors (Lipinski definition) is 0. The van der Waals surface area contributed by atoms with E-state index < -0.39 is 11.9 Å². The van der Waals surface area contributed by atoms with Crippen molar-refractivity contribution >= 4 is 19.6 Å². The predicted octanol–water partition coefficient (Wildman–Crippen LogP) is 1.98. The van der Waals surface area contributed by atoms with Crippen molar-refractivity contribution in [3.63, 3.8) is 0 Å². The molecule has 2 aromatic rings. The number of benzene rings is 2. The van der Waals surface area contributed by atoms with Gasteiger partial charge in [-0.05, 0) is 24.3 Å². The molecule has 118 valence electrons. The highest BCUT2D eigenvalue weighted by Crippen LogP contribution is 2.21. The fourth-order valence-corrected chi connectivity index (χ4v) is 1.90. The molecule has 0 fully saturated rings. The average Bonchev–Trinajstić information content (AvgIpc) is 2.61. The van der Waals surface area contributed by atoms with Crippen molar-refractivity contribution in [3.8, 4) is 11.5 Å². The Morgan fingerprint density at radius 1 is 0.739 bits per heavy atom. The van der Waals surface area contributed by atoms with E-state index in [2.05, 4.69) is 9.47 Å². The summed E-state index contributed by atoms with van der Waals surface area (Å²) in [5, 5.41) is 0. The Hall–Kier alpha value is -2.96. The molecule has 2 rings (SSSR count). The fraction of sp³-hybridized carbons (Fsp3) is 0.125. The Bertz CT molecular complexity index is 641. The first-order valence-corrected chi connectivity index (χ1v) is 6.77. The summed E-state index contributed by atoms with van der Waals surface area (Å²) in [5.74, 6) is -0.351. The molecule has 0 spiro atoms. The summed E-state index contributed by atoms with van der Waals surface area (Å²) < 4.78 is 20.3. The maximum atomic E-state index is 11.6. The third-order valence-corrected chi connectivity index (χ3v) is 3.01. The second-order valence-electron chi connectivity index (χ2n) is 4.38. The molecule has 0 aliphatic carbocycles. The van der Waals surface area contributed by atoms with Crippen molar-refractivity contribution in [1.29, 1.82) is 0 Å². The van der Waals surface area contributed by atoms with E-state index >= 15 is 0 Å². The predicted molar refractivity (Wildman–Crippen MR) is 84.0 cm³/mol. The van der Waals surface area contributed by atoms with Gasteiger partial charge in [0.2, 0.25) is 0 Å². The summed E-state index contributed by atoms with van der Waals surface area (Å²) in [5.41, 5.74) is 0.583. The Balaban J connectivity index is 2.07. The van der Waals surface area contributed by atoms with Crippen LogP contribution in [0.1, 0.15) is 20.7 Å². The lowest BCUT2D eigenvalue weighted by atomic mass is 10.1. The highest BCUT2D eigenvalue weighted by atomic mass is 16.6. The van der Waals surface area contributed by atoms with Crippen LogP contribution in [-0.4, -0.2) is 33.8 Å². The molecule has 0 N–H and O–H groups in total. The van der Waals surface area contributed by atoms with Crippen LogP contribution in [0, 0.1) is 0 Å². The van der Waals surface area contributed by atoms with Gasteiger partial charge < -0.3 is 18.8 Å². The van der Waals surface area contributed by atoms with Crippen molar-refractivity contribution in [2.45, 2.75) is 0 Å². The van der Waals surface area contributed by atoms with E-state index in [9.17, 15) is 9.59 Å². The summed E-state index contributed by atoms with van der Waals surface area (Å²) in [7, 11) is 2.41. The van der Waals surface area contributed by atoms with Crippen molar-refractivity contribution in [2.24, 2.45) is 0 Å². The van der Waals surface area contributed by atoms with E-state index in [1.54, 1.807) is 48.5 Å². The molecule has 0 radical (unpaired) electrons. The molecule has 0 atom stereocenters. The number of carbonyl (C=O) groups excluding carboxylic acids is 2. The van der Waals surface area contributed by atoms with Gasteiger partial charge in [0.25, 0.3) is 0 Å². The van der Waals surface area contributed by atoms with Crippen LogP contribution in [0.5, 0.6) is 11.5 Å². The normalized spacial score (nSPS) is 9.65. The second-order valence-corrected chi connectivity index (χ2v) is 4.38. The van der Waals surface area contributed by atoms with Gasteiger partial charge in [-0.3, -0.25) is 0 Å². The molecule has 7 heteroatoms. The lowest BCUT2D eigenvalue weighted by Gasteiger charge is -2.12. The number of carbonyl (C=O) groups is 2. The molecule has 0 aromatic heterocycles. The van der Waals surface area contributed by atoms with Crippen LogP contribution in [0.4, 0.5) is 0 Å². The van der Waals surface area contributed by atoms with E-state index in [0.717, 1.165) is 0 Å². The van der Waals surface area contributed by atoms with Gasteiger partial charge in [0, 0.05) is 0 Å². The van der Waals surface area contributed by atoms with Crippen LogP contribution in [0.15, 0.2) is 48.5 Å². The molecule has 0 aliphatic heterocycles. The first kappa shape index (κ1) is 16.4. The number of hydrogen-bond acceptors (Lipinski definition) is 6. The zero-order valence-corrected chi connectivity index (χ0v) is 12.8. The number of methoxy groups -OCH3 is 2. The number of esters is 2. The second kappa shape index (κ2) is 7.88. The smallest absolute Gasteiger partial charge is 0.528 e. The minimum absolute atomic E-state index is 0.179. The van der Waals surface area contributed by atoms with Gasteiger partial charge in [0.15, 0.2) is 0 Å². The van der Waals surface area contributed by atoms with E-state index in [-0.39, 0.29) is 7.69 Å². The molecule has 0 unspecified atom stereocenters. The Morgan fingerprint density at radius 3 is 1.52 bits per heavy atom. The van der Waals surface area contributed by atoms with Crippen LogP contribution >= 0.6 is 0 Å². The number of rotatable bonds is 6. The van der Waals surface area contributed by atoms with Crippen molar-refractivity contribution in [1.82, 2.24) is 0 Å². The van der Waals surface area contributed by atoms with Crippen molar-refractivity contribution in [2.75, 3.05) is 14.2 Å². The summed E-state index contributed by atoms with van der Waals surface area (Å²) in [4.78, 5) is 23.3. The molecule has 6 nitrogen and oxygen atoms in total. The Labute approximate surface area is 134 Å². The topological polar surface area (TPSA) is 71.1 Å². The van der Waals surface area contributed by atoms with Gasteiger partial charge in [-0.1, -0.05) is 24.3 Å². The van der Waals surface area contributed by atoms with Crippen molar-refractivity contribution in [3.05, 3.63) is 59.7 Å². The van der Waals surface area contributed by atoms with Gasteiger partial charge in [-0.25, -0.2) is 9.59 Å². The summed E-state index contributed by atoms with van der Waals surface area (Å²) in [6.07, 6.45) is 0. The molecule has 0 saturated carbocycles. The zero-order valence-electron chi connectivity index (χ0n) is 12.8. The highest BCUT2D eigenvalue weighted by Gasteiger charge is 2.15. The monoisotopic (exact) mass is 314 g/mol. The highest BCUT2D eigenvalue weighted by molar-refractivity contribution is 6.21. The third kappa shape index (κ3) is 4.03. The van der Waals surface area contributed by atoms with Crippen molar-refractivity contribution < 1.29 is 28.4 Å². The van der Waals surface area contributed by atoms with E-state index in [1.807, 2.05) is 0 Å². The lowest BCUT2D eigenvalue weighted by Crippen LogP contribution is -2.15. The fourth-order valence-electron chi connectivity index (χ4n) is 1.90. The van der Waals surface area contributed by atoms with E-state index in [4.69, 9.17) is 9.31 Å². The number of ether oxygens (including phenoxy) is 2. The van der Waals surface area contributed by atoms with Crippen LogP contribution < -0.4 is 9.31 Å². The maximum Gasteiger partial charge on any atom is 0.576 e. The molecular weight excluding hydrogens is 299 g/mol. The van der Waals surface area contributed by atoms with Crippen LogP contribution in [0.2, 0.25) is 0 Å². The van der Waals surface area contributed by atoms with Crippen LogP contribution in [-0.2, 0) is 9.47 Å². The standard InChI is InChI=1S/C16H15BO6/c1-20-15(18)11-7-3-5-9-13(11)22-17-23-14-10-6-4-8-12(14)16(19)21-2/h3-10,17H,1-2H3. The molecule has 2 aromatic carbocycles. The summed E-state index contributed by atoms with van der Waals surface area (Å²) in [6, 6.07) is 13.3. The first-order valence-electron chi connectivity index (χ1n) is 6.77. The SMILES string of the molecule is COC(=O)c1ccccc1OBOc1ccccc1C(=O)OC. The Kier molecular flexibility index (Phi) is 5.63. The minimum atomic E-state index is -0.504. The first-order chi connectivity index (χ1) is 11.2.